The third kappa shape index (κ3) is 4.94. The summed E-state index contributed by atoms with van der Waals surface area (Å²) in [5, 5.41) is 0. The molecule has 0 bridgehead atoms. The van der Waals surface area contributed by atoms with E-state index in [0.29, 0.717) is 19.4 Å². The van der Waals surface area contributed by atoms with E-state index in [9.17, 15) is 4.79 Å². The van der Waals surface area contributed by atoms with Gasteiger partial charge in [0.15, 0.2) is 0 Å². The summed E-state index contributed by atoms with van der Waals surface area (Å²) in [6, 6.07) is 15.7. The van der Waals surface area contributed by atoms with Gasteiger partial charge in [0, 0.05) is 13.0 Å². The van der Waals surface area contributed by atoms with Crippen molar-refractivity contribution in [2.45, 2.75) is 31.7 Å². The zero-order chi connectivity index (χ0) is 19.1. The van der Waals surface area contributed by atoms with Crippen molar-refractivity contribution in [1.29, 1.82) is 0 Å². The molecule has 1 saturated heterocycles. The molecule has 0 spiro atoms. The van der Waals surface area contributed by atoms with E-state index in [0.717, 1.165) is 36.6 Å². The molecular formula is C22H27NO4. The standard InChI is InChI=1S/C22H27NO4/c1-25-18-9-7-17(8-10-18)21-5-3-15-23(21)22(24)6-4-16-27-20-13-11-19(26-2)12-14-20/h7-14,21H,3-6,15-16H2,1-2H3. The van der Waals surface area contributed by atoms with Crippen LogP contribution in [0.4, 0.5) is 0 Å². The number of hydrogen-bond acceptors (Lipinski definition) is 4. The predicted molar refractivity (Wildman–Crippen MR) is 104 cm³/mol. The molecule has 1 aliphatic rings. The van der Waals surface area contributed by atoms with Crippen LogP contribution >= 0.6 is 0 Å². The van der Waals surface area contributed by atoms with Gasteiger partial charge in [-0.1, -0.05) is 12.1 Å². The van der Waals surface area contributed by atoms with Gasteiger partial charge in [-0.2, -0.15) is 0 Å². The Hall–Kier alpha value is -2.69. The number of carbonyl (C=O) groups excluding carboxylic acids is 1. The normalized spacial score (nSPS) is 16.2. The highest BCUT2D eigenvalue weighted by Gasteiger charge is 2.29. The number of rotatable bonds is 8. The molecule has 5 nitrogen and oxygen atoms in total. The molecule has 2 aromatic carbocycles. The second kappa shape index (κ2) is 9.31. The summed E-state index contributed by atoms with van der Waals surface area (Å²) < 4.78 is 16.1. The summed E-state index contributed by atoms with van der Waals surface area (Å²) in [5.74, 6) is 2.63. The zero-order valence-electron chi connectivity index (χ0n) is 16.0. The maximum Gasteiger partial charge on any atom is 0.223 e. The van der Waals surface area contributed by atoms with E-state index in [1.54, 1.807) is 14.2 Å². The average molecular weight is 369 g/mol. The van der Waals surface area contributed by atoms with Gasteiger partial charge in [-0.15, -0.1) is 0 Å². The Morgan fingerprint density at radius 1 is 0.963 bits per heavy atom. The third-order valence-corrected chi connectivity index (χ3v) is 4.94. The number of hydrogen-bond donors (Lipinski definition) is 0. The van der Waals surface area contributed by atoms with Crippen molar-refractivity contribution in [2.75, 3.05) is 27.4 Å². The Bertz CT molecular complexity index is 727. The molecule has 3 rings (SSSR count). The minimum absolute atomic E-state index is 0.172. The topological polar surface area (TPSA) is 48.0 Å². The molecule has 0 aromatic heterocycles. The maximum absolute atomic E-state index is 12.7. The summed E-state index contributed by atoms with van der Waals surface area (Å²) in [6.07, 6.45) is 3.27. The Balaban J connectivity index is 1.47. The predicted octanol–water partition coefficient (Wildman–Crippen LogP) is 4.23. The van der Waals surface area contributed by atoms with E-state index in [1.807, 2.05) is 41.3 Å². The first-order valence-corrected chi connectivity index (χ1v) is 9.41. The molecule has 0 saturated carbocycles. The summed E-state index contributed by atoms with van der Waals surface area (Å²) in [7, 11) is 3.30. The quantitative estimate of drug-likeness (QED) is 0.654. The van der Waals surface area contributed by atoms with Gasteiger partial charge in [0.2, 0.25) is 5.91 Å². The van der Waals surface area contributed by atoms with Crippen molar-refractivity contribution >= 4 is 5.91 Å². The molecule has 0 radical (unpaired) electrons. The van der Waals surface area contributed by atoms with Crippen molar-refractivity contribution in [3.63, 3.8) is 0 Å². The van der Waals surface area contributed by atoms with E-state index < -0.39 is 0 Å². The highest BCUT2D eigenvalue weighted by Crippen LogP contribution is 2.33. The lowest BCUT2D eigenvalue weighted by Gasteiger charge is -2.25. The van der Waals surface area contributed by atoms with Crippen LogP contribution in [0.25, 0.3) is 0 Å². The highest BCUT2D eigenvalue weighted by atomic mass is 16.5. The Morgan fingerprint density at radius 3 is 2.19 bits per heavy atom. The van der Waals surface area contributed by atoms with E-state index in [-0.39, 0.29) is 11.9 Å². The summed E-state index contributed by atoms with van der Waals surface area (Å²) in [6.45, 7) is 1.36. The van der Waals surface area contributed by atoms with Crippen LogP contribution in [0.3, 0.4) is 0 Å². The second-order valence-electron chi connectivity index (χ2n) is 6.65. The minimum atomic E-state index is 0.172. The van der Waals surface area contributed by atoms with Gasteiger partial charge >= 0.3 is 0 Å². The maximum atomic E-state index is 12.7. The minimum Gasteiger partial charge on any atom is -0.497 e. The van der Waals surface area contributed by atoms with Gasteiger partial charge in [-0.25, -0.2) is 0 Å². The van der Waals surface area contributed by atoms with Gasteiger partial charge in [0.1, 0.15) is 17.2 Å². The van der Waals surface area contributed by atoms with Crippen molar-refractivity contribution in [3.8, 4) is 17.2 Å². The van der Waals surface area contributed by atoms with Crippen molar-refractivity contribution in [3.05, 3.63) is 54.1 Å². The van der Waals surface area contributed by atoms with Crippen LogP contribution < -0.4 is 14.2 Å². The molecule has 1 amide bonds. The van der Waals surface area contributed by atoms with Crippen LogP contribution in [0.5, 0.6) is 17.2 Å². The fraction of sp³-hybridized carbons (Fsp3) is 0.409. The van der Waals surface area contributed by atoms with Crippen molar-refractivity contribution in [2.24, 2.45) is 0 Å². The van der Waals surface area contributed by atoms with Crippen molar-refractivity contribution in [1.82, 2.24) is 4.90 Å². The lowest BCUT2D eigenvalue weighted by molar-refractivity contribution is -0.132. The highest BCUT2D eigenvalue weighted by molar-refractivity contribution is 5.77. The molecule has 0 N–H and O–H groups in total. The van der Waals surface area contributed by atoms with Gasteiger partial charge in [0.05, 0.1) is 26.9 Å². The number of nitrogens with zero attached hydrogens (tertiary/aromatic N) is 1. The number of amides is 1. The van der Waals surface area contributed by atoms with Gasteiger partial charge in [-0.05, 0) is 61.2 Å². The summed E-state index contributed by atoms with van der Waals surface area (Å²) >= 11 is 0. The Morgan fingerprint density at radius 2 is 1.56 bits per heavy atom. The van der Waals surface area contributed by atoms with E-state index in [1.165, 1.54) is 5.56 Å². The van der Waals surface area contributed by atoms with Crippen molar-refractivity contribution < 1.29 is 19.0 Å². The molecule has 1 heterocycles. The molecule has 0 aliphatic carbocycles. The van der Waals surface area contributed by atoms with Gasteiger partial charge in [0.25, 0.3) is 0 Å². The lowest BCUT2D eigenvalue weighted by atomic mass is 10.0. The van der Waals surface area contributed by atoms with E-state index in [4.69, 9.17) is 14.2 Å². The van der Waals surface area contributed by atoms with Crippen LogP contribution in [0, 0.1) is 0 Å². The zero-order valence-corrected chi connectivity index (χ0v) is 16.0. The fourth-order valence-corrected chi connectivity index (χ4v) is 3.47. The number of likely N-dealkylation sites (tertiary alicyclic amines) is 1. The summed E-state index contributed by atoms with van der Waals surface area (Å²) in [4.78, 5) is 14.7. The first-order valence-electron chi connectivity index (χ1n) is 9.41. The van der Waals surface area contributed by atoms with Crippen LogP contribution in [0.1, 0.15) is 37.3 Å². The monoisotopic (exact) mass is 369 g/mol. The molecule has 2 aromatic rings. The van der Waals surface area contributed by atoms with Crippen LogP contribution in [0.2, 0.25) is 0 Å². The van der Waals surface area contributed by atoms with E-state index in [2.05, 4.69) is 12.1 Å². The first-order chi connectivity index (χ1) is 13.2. The summed E-state index contributed by atoms with van der Waals surface area (Å²) in [5.41, 5.74) is 1.18. The molecule has 144 valence electrons. The molecule has 1 unspecified atom stereocenters. The SMILES string of the molecule is COc1ccc(OCCCC(=O)N2CCCC2c2ccc(OC)cc2)cc1. The van der Waals surface area contributed by atoms with Crippen LogP contribution in [-0.2, 0) is 4.79 Å². The Kier molecular flexibility index (Phi) is 6.58. The Labute approximate surface area is 160 Å². The molecule has 1 fully saturated rings. The van der Waals surface area contributed by atoms with Crippen LogP contribution in [-0.4, -0.2) is 38.2 Å². The van der Waals surface area contributed by atoms with Crippen LogP contribution in [0.15, 0.2) is 48.5 Å². The number of carbonyl (C=O) groups is 1. The molecule has 1 atom stereocenters. The van der Waals surface area contributed by atoms with Gasteiger partial charge in [-0.3, -0.25) is 4.79 Å². The largest absolute Gasteiger partial charge is 0.497 e. The third-order valence-electron chi connectivity index (χ3n) is 4.94. The number of ether oxygens (including phenoxy) is 3. The smallest absolute Gasteiger partial charge is 0.223 e. The average Bonchev–Trinajstić information content (AvgIpc) is 3.21. The second-order valence-corrected chi connectivity index (χ2v) is 6.65. The first kappa shape index (κ1) is 19.1. The molecule has 1 aliphatic heterocycles. The number of benzene rings is 2. The van der Waals surface area contributed by atoms with Gasteiger partial charge < -0.3 is 19.1 Å². The van der Waals surface area contributed by atoms with E-state index >= 15 is 0 Å². The lowest BCUT2D eigenvalue weighted by Crippen LogP contribution is -2.30. The molecular weight excluding hydrogens is 342 g/mol. The fourth-order valence-electron chi connectivity index (χ4n) is 3.47. The molecule has 5 heteroatoms. The molecule has 27 heavy (non-hydrogen) atoms. The number of methoxy groups -OCH3 is 2.